The van der Waals surface area contributed by atoms with Crippen LogP contribution < -0.4 is 19.2 Å². The second kappa shape index (κ2) is 10.4. The number of rotatable bonds is 4. The van der Waals surface area contributed by atoms with E-state index >= 15 is 0 Å². The van der Waals surface area contributed by atoms with Crippen LogP contribution in [-0.4, -0.2) is 20.1 Å². The second-order valence-electron chi connectivity index (χ2n) is 11.6. The van der Waals surface area contributed by atoms with Crippen LogP contribution in [0.15, 0.2) is 132 Å². The average molecular weight is 603 g/mol. The minimum absolute atomic E-state index is 0.0651. The minimum atomic E-state index is -3.43. The topological polar surface area (TPSA) is 52.6 Å². The Morgan fingerprint density at radius 1 is 0.511 bits per heavy atom. The molecule has 5 heteroatoms. The molecule has 0 spiro atoms. The molecule has 4 nitrogen and oxygen atoms in total. The standard InChI is InChI=1S/C40H30O4Si/c1-3-29-30(4-2)40(42)37-32(39(29)41)22-19-26-21-24-34-38(35(26)37)36-31-18-12-11-13-25(31)20-23-33(36)43-45(44-34,27-14-7-5-8-15-27)28-16-9-6-10-17-28/h5-24H,3-4H2,1-2H3. The molecule has 0 atom stereocenters. The molecule has 0 unspecified atom stereocenters. The van der Waals surface area contributed by atoms with Crippen molar-refractivity contribution in [3.63, 3.8) is 0 Å². The monoisotopic (exact) mass is 602 g/mol. The largest absolute Gasteiger partial charge is 0.531 e. The number of Topliss-reactive ketones (excluding diaryl/α,β-unsaturated/α-hetero) is 2. The number of hydrogen-bond acceptors (Lipinski definition) is 4. The van der Waals surface area contributed by atoms with Crippen LogP contribution in [0.4, 0.5) is 0 Å². The van der Waals surface area contributed by atoms with Gasteiger partial charge in [-0.15, -0.1) is 0 Å². The molecule has 0 N–H and O–H groups in total. The molecule has 1 aliphatic carbocycles. The Balaban J connectivity index is 1.55. The van der Waals surface area contributed by atoms with Gasteiger partial charge in [0.15, 0.2) is 11.6 Å². The van der Waals surface area contributed by atoms with Crippen molar-refractivity contribution < 1.29 is 18.4 Å². The fourth-order valence-electron chi connectivity index (χ4n) is 7.14. The van der Waals surface area contributed by atoms with E-state index in [0.29, 0.717) is 46.6 Å². The lowest BCUT2D eigenvalue weighted by Gasteiger charge is -2.31. The van der Waals surface area contributed by atoms with E-state index in [1.54, 1.807) is 0 Å². The first kappa shape index (κ1) is 27.3. The predicted octanol–water partition coefficient (Wildman–Crippen LogP) is 8.18. The van der Waals surface area contributed by atoms with Crippen LogP contribution in [0.1, 0.15) is 47.4 Å². The third kappa shape index (κ3) is 3.97. The van der Waals surface area contributed by atoms with Gasteiger partial charge in [-0.05, 0) is 47.2 Å². The number of fused-ring (bicyclic) bond motifs is 9. The molecule has 1 aliphatic heterocycles. The summed E-state index contributed by atoms with van der Waals surface area (Å²) in [6.07, 6.45) is 1.01. The Hall–Kier alpha value is -5.26. The summed E-state index contributed by atoms with van der Waals surface area (Å²) >= 11 is 0. The van der Waals surface area contributed by atoms with Crippen molar-refractivity contribution in [1.82, 2.24) is 0 Å². The van der Waals surface area contributed by atoms with E-state index in [9.17, 15) is 9.59 Å². The van der Waals surface area contributed by atoms with Crippen LogP contribution >= 0.6 is 0 Å². The Kier molecular flexibility index (Phi) is 6.32. The van der Waals surface area contributed by atoms with Crippen molar-refractivity contribution in [2.45, 2.75) is 26.7 Å². The van der Waals surface area contributed by atoms with Gasteiger partial charge in [0.1, 0.15) is 11.5 Å². The highest BCUT2D eigenvalue weighted by Gasteiger charge is 2.50. The van der Waals surface area contributed by atoms with Crippen LogP contribution in [0.25, 0.3) is 32.7 Å². The fraction of sp³-hybridized carbons (Fsp3) is 0.100. The summed E-state index contributed by atoms with van der Waals surface area (Å²) in [5.41, 5.74) is 3.78. The normalized spacial score (nSPS) is 15.2. The maximum Gasteiger partial charge on any atom is 0.531 e. The smallest absolute Gasteiger partial charge is 0.505 e. The van der Waals surface area contributed by atoms with E-state index in [0.717, 1.165) is 43.0 Å². The third-order valence-electron chi connectivity index (χ3n) is 9.20. The molecule has 0 amide bonds. The zero-order chi connectivity index (χ0) is 30.7. The molecule has 1 heterocycles. The van der Waals surface area contributed by atoms with Gasteiger partial charge in [0.05, 0.1) is 0 Å². The Bertz CT molecular complexity index is 2180. The summed E-state index contributed by atoms with van der Waals surface area (Å²) < 4.78 is 14.6. The minimum Gasteiger partial charge on any atom is -0.505 e. The lowest BCUT2D eigenvalue weighted by Crippen LogP contribution is -2.68. The maximum atomic E-state index is 14.4. The van der Waals surface area contributed by atoms with E-state index in [2.05, 4.69) is 42.5 Å². The molecule has 0 bridgehead atoms. The molecule has 2 aliphatic rings. The van der Waals surface area contributed by atoms with E-state index < -0.39 is 8.56 Å². The van der Waals surface area contributed by atoms with E-state index in [1.165, 1.54) is 0 Å². The molecule has 0 fully saturated rings. The first-order chi connectivity index (χ1) is 22.1. The molecule has 0 saturated carbocycles. The van der Waals surface area contributed by atoms with Crippen molar-refractivity contribution in [3.05, 3.63) is 144 Å². The molecular weight excluding hydrogens is 573 g/mol. The van der Waals surface area contributed by atoms with Crippen molar-refractivity contribution in [2.24, 2.45) is 0 Å². The van der Waals surface area contributed by atoms with Gasteiger partial charge < -0.3 is 8.85 Å². The summed E-state index contributed by atoms with van der Waals surface area (Å²) in [6.45, 7) is 3.89. The lowest BCUT2D eigenvalue weighted by atomic mass is 9.78. The van der Waals surface area contributed by atoms with Gasteiger partial charge >= 0.3 is 8.56 Å². The first-order valence-electron chi connectivity index (χ1n) is 15.5. The molecular formula is C40H30O4Si. The first-order valence-corrected chi connectivity index (χ1v) is 17.3. The van der Waals surface area contributed by atoms with Crippen LogP contribution in [0, 0.1) is 0 Å². The summed E-state index contributed by atoms with van der Waals surface area (Å²) in [6, 6.07) is 40.4. The molecule has 45 heavy (non-hydrogen) atoms. The summed E-state index contributed by atoms with van der Waals surface area (Å²) in [5.74, 6) is 1.18. The number of benzene rings is 6. The Labute approximate surface area is 262 Å². The summed E-state index contributed by atoms with van der Waals surface area (Å²) in [7, 11) is -3.43. The van der Waals surface area contributed by atoms with E-state index in [-0.39, 0.29) is 11.6 Å². The van der Waals surface area contributed by atoms with Crippen LogP contribution in [0.3, 0.4) is 0 Å². The Morgan fingerprint density at radius 2 is 1.04 bits per heavy atom. The Morgan fingerprint density at radius 3 is 1.69 bits per heavy atom. The predicted molar refractivity (Wildman–Crippen MR) is 182 cm³/mol. The molecule has 6 aromatic rings. The van der Waals surface area contributed by atoms with Crippen LogP contribution in [0.5, 0.6) is 11.5 Å². The van der Waals surface area contributed by atoms with Gasteiger partial charge in [0.2, 0.25) is 0 Å². The highest BCUT2D eigenvalue weighted by atomic mass is 28.4. The summed E-state index contributed by atoms with van der Waals surface area (Å²) in [5, 5.41) is 5.58. The number of hydrogen-bond donors (Lipinski definition) is 0. The quantitative estimate of drug-likeness (QED) is 0.191. The number of carbonyl (C=O) groups is 2. The highest BCUT2D eigenvalue weighted by molar-refractivity contribution is 6.93. The van der Waals surface area contributed by atoms with Crippen molar-refractivity contribution in [2.75, 3.05) is 0 Å². The fourth-order valence-corrected chi connectivity index (χ4v) is 10.2. The number of ketones is 2. The molecule has 218 valence electrons. The van der Waals surface area contributed by atoms with E-state index in [1.807, 2.05) is 92.7 Å². The number of carbonyl (C=O) groups excluding carboxylic acids is 2. The molecule has 6 aromatic carbocycles. The zero-order valence-electron chi connectivity index (χ0n) is 25.1. The molecule has 0 radical (unpaired) electrons. The van der Waals surface area contributed by atoms with Gasteiger partial charge in [0.25, 0.3) is 0 Å². The highest BCUT2D eigenvalue weighted by Crippen LogP contribution is 2.50. The van der Waals surface area contributed by atoms with E-state index in [4.69, 9.17) is 8.85 Å². The second-order valence-corrected chi connectivity index (χ2v) is 14.4. The van der Waals surface area contributed by atoms with Crippen molar-refractivity contribution in [1.29, 1.82) is 0 Å². The van der Waals surface area contributed by atoms with Gasteiger partial charge in [-0.1, -0.05) is 117 Å². The molecule has 0 aromatic heterocycles. The van der Waals surface area contributed by atoms with Gasteiger partial charge in [-0.2, -0.15) is 0 Å². The van der Waals surface area contributed by atoms with Crippen LogP contribution in [0.2, 0.25) is 0 Å². The average Bonchev–Trinajstić information content (AvgIpc) is 3.25. The summed E-state index contributed by atoms with van der Waals surface area (Å²) in [4.78, 5) is 28.3. The van der Waals surface area contributed by atoms with Gasteiger partial charge in [-0.25, -0.2) is 0 Å². The van der Waals surface area contributed by atoms with Crippen molar-refractivity contribution >= 4 is 52.0 Å². The zero-order valence-corrected chi connectivity index (χ0v) is 26.1. The van der Waals surface area contributed by atoms with Crippen LogP contribution in [-0.2, 0) is 0 Å². The molecule has 0 saturated heterocycles. The molecule has 8 rings (SSSR count). The van der Waals surface area contributed by atoms with Gasteiger partial charge in [-0.3, -0.25) is 9.59 Å². The SMILES string of the molecule is CCC1=C(CC)C(=O)c2c(ccc3ccc4c(c23)-c2c(ccc3ccccc23)O[Si](c2ccccc2)(c2ccccc2)O4)C1=O. The third-order valence-corrected chi connectivity index (χ3v) is 12.4. The maximum absolute atomic E-state index is 14.4. The number of allylic oxidation sites excluding steroid dienone is 2. The lowest BCUT2D eigenvalue weighted by molar-refractivity contribution is 0.0971. The van der Waals surface area contributed by atoms with Gasteiger partial charge in [0, 0.05) is 49.2 Å². The van der Waals surface area contributed by atoms with Crippen molar-refractivity contribution in [3.8, 4) is 22.6 Å².